The minimum absolute atomic E-state index is 0.116. The number of hydrogen-bond acceptors (Lipinski definition) is 5. The molecule has 2 aromatic rings. The molecule has 1 aromatic carbocycles. The van der Waals surface area contributed by atoms with E-state index >= 15 is 0 Å². The molecule has 6 nitrogen and oxygen atoms in total. The third-order valence-electron chi connectivity index (χ3n) is 2.82. The standard InChI is InChI=1S/C16H15N3O3/c1-11(9-15(21)12-5-4-8-17-10-12)18-19-16(22)13-6-2-3-7-14(13)20/h2-10,18,20H,1H3,(H,19,22)/b11-9+. The summed E-state index contributed by atoms with van der Waals surface area (Å²) in [6.45, 7) is 1.64. The zero-order valence-electron chi connectivity index (χ0n) is 11.9. The van der Waals surface area contributed by atoms with Crippen molar-refractivity contribution in [2.45, 2.75) is 6.92 Å². The minimum atomic E-state index is -0.500. The van der Waals surface area contributed by atoms with Crippen LogP contribution in [0.15, 0.2) is 60.6 Å². The van der Waals surface area contributed by atoms with Crippen LogP contribution in [0.4, 0.5) is 0 Å². The van der Waals surface area contributed by atoms with Crippen molar-refractivity contribution in [2.24, 2.45) is 0 Å². The van der Waals surface area contributed by atoms with Gasteiger partial charge in [-0.2, -0.15) is 0 Å². The molecule has 0 saturated carbocycles. The lowest BCUT2D eigenvalue weighted by Crippen LogP contribution is -2.36. The molecule has 0 aliphatic heterocycles. The number of aromatic nitrogens is 1. The molecule has 1 aromatic heterocycles. The van der Waals surface area contributed by atoms with Crippen LogP contribution in [0.3, 0.4) is 0 Å². The Morgan fingerprint density at radius 1 is 1.14 bits per heavy atom. The van der Waals surface area contributed by atoms with E-state index in [-0.39, 0.29) is 17.1 Å². The molecule has 0 unspecified atom stereocenters. The summed E-state index contributed by atoms with van der Waals surface area (Å²) in [5.41, 5.74) is 6.08. The van der Waals surface area contributed by atoms with Crippen molar-refractivity contribution < 1.29 is 14.7 Å². The number of phenols is 1. The molecule has 0 aliphatic rings. The maximum atomic E-state index is 11.9. The first kappa shape index (κ1) is 15.2. The molecule has 0 aliphatic carbocycles. The fraction of sp³-hybridized carbons (Fsp3) is 0.0625. The molecule has 6 heteroatoms. The van der Waals surface area contributed by atoms with Gasteiger partial charge in [-0.05, 0) is 31.2 Å². The molecular weight excluding hydrogens is 282 g/mol. The average Bonchev–Trinajstić information content (AvgIpc) is 2.54. The van der Waals surface area contributed by atoms with Crippen molar-refractivity contribution in [3.8, 4) is 5.75 Å². The number of carbonyl (C=O) groups is 2. The molecule has 3 N–H and O–H groups in total. The van der Waals surface area contributed by atoms with Crippen LogP contribution < -0.4 is 10.9 Å². The van der Waals surface area contributed by atoms with Gasteiger partial charge in [0.05, 0.1) is 5.56 Å². The first-order chi connectivity index (χ1) is 10.6. The van der Waals surface area contributed by atoms with E-state index in [9.17, 15) is 14.7 Å². The molecule has 1 amide bonds. The highest BCUT2D eigenvalue weighted by Gasteiger charge is 2.09. The predicted octanol–water partition coefficient (Wildman–Crippen LogP) is 1.81. The average molecular weight is 297 g/mol. The summed E-state index contributed by atoms with van der Waals surface area (Å²) in [5.74, 6) is -0.843. The SMILES string of the molecule is C/C(=C\C(=O)c1cccnc1)NNC(=O)c1ccccc1O. The van der Waals surface area contributed by atoms with Gasteiger partial charge in [-0.1, -0.05) is 12.1 Å². The lowest BCUT2D eigenvalue weighted by Gasteiger charge is -2.09. The van der Waals surface area contributed by atoms with Crippen LogP contribution in [-0.2, 0) is 0 Å². The van der Waals surface area contributed by atoms with Crippen molar-refractivity contribution in [1.82, 2.24) is 15.8 Å². The van der Waals surface area contributed by atoms with Gasteiger partial charge < -0.3 is 10.5 Å². The second-order valence-corrected chi connectivity index (χ2v) is 4.53. The van der Waals surface area contributed by atoms with Crippen LogP contribution in [0, 0.1) is 0 Å². The van der Waals surface area contributed by atoms with Gasteiger partial charge in [0.1, 0.15) is 5.75 Å². The zero-order chi connectivity index (χ0) is 15.9. The third-order valence-corrected chi connectivity index (χ3v) is 2.82. The molecule has 0 radical (unpaired) electrons. The van der Waals surface area contributed by atoms with Gasteiger partial charge in [-0.25, -0.2) is 0 Å². The Morgan fingerprint density at radius 2 is 1.91 bits per heavy atom. The first-order valence-electron chi connectivity index (χ1n) is 6.55. The lowest BCUT2D eigenvalue weighted by atomic mass is 10.2. The van der Waals surface area contributed by atoms with E-state index in [1.807, 2.05) is 0 Å². The summed E-state index contributed by atoms with van der Waals surface area (Å²) >= 11 is 0. The van der Waals surface area contributed by atoms with Gasteiger partial charge in [-0.15, -0.1) is 0 Å². The number of phenolic OH excluding ortho intramolecular Hbond substituents is 1. The van der Waals surface area contributed by atoms with Gasteiger partial charge in [0, 0.05) is 29.7 Å². The van der Waals surface area contributed by atoms with Crippen LogP contribution in [0.1, 0.15) is 27.6 Å². The Hall–Kier alpha value is -3.15. The van der Waals surface area contributed by atoms with E-state index in [2.05, 4.69) is 15.8 Å². The normalized spacial score (nSPS) is 10.9. The third kappa shape index (κ3) is 3.92. The van der Waals surface area contributed by atoms with E-state index in [1.165, 1.54) is 24.4 Å². The highest BCUT2D eigenvalue weighted by Crippen LogP contribution is 2.14. The first-order valence-corrected chi connectivity index (χ1v) is 6.55. The van der Waals surface area contributed by atoms with E-state index in [0.29, 0.717) is 11.3 Å². The monoisotopic (exact) mass is 297 g/mol. The number of amides is 1. The molecule has 0 fully saturated rings. The van der Waals surface area contributed by atoms with Crippen LogP contribution in [0.25, 0.3) is 0 Å². The number of pyridine rings is 1. The van der Waals surface area contributed by atoms with Gasteiger partial charge in [-0.3, -0.25) is 20.0 Å². The van der Waals surface area contributed by atoms with E-state index in [4.69, 9.17) is 0 Å². The van der Waals surface area contributed by atoms with E-state index in [1.54, 1.807) is 37.4 Å². The molecule has 1 heterocycles. The maximum Gasteiger partial charge on any atom is 0.273 e. The number of carbonyl (C=O) groups excluding carboxylic acids is 2. The molecule has 0 spiro atoms. The molecule has 0 atom stereocenters. The number of allylic oxidation sites excluding steroid dienone is 2. The molecule has 0 bridgehead atoms. The summed E-state index contributed by atoms with van der Waals surface area (Å²) < 4.78 is 0. The maximum absolute atomic E-state index is 11.9. The van der Waals surface area contributed by atoms with E-state index < -0.39 is 5.91 Å². The Balaban J connectivity index is 1.97. The Labute approximate surface area is 127 Å². The number of nitrogens with one attached hydrogen (secondary N) is 2. The molecule has 2 rings (SSSR count). The quantitative estimate of drug-likeness (QED) is 0.445. The molecular formula is C16H15N3O3. The summed E-state index contributed by atoms with van der Waals surface area (Å²) in [7, 11) is 0. The number of benzene rings is 1. The van der Waals surface area contributed by atoms with E-state index in [0.717, 1.165) is 0 Å². The Kier molecular flexibility index (Phi) is 4.87. The molecule has 22 heavy (non-hydrogen) atoms. The van der Waals surface area contributed by atoms with Gasteiger partial charge in [0.15, 0.2) is 5.78 Å². The van der Waals surface area contributed by atoms with Crippen molar-refractivity contribution in [3.05, 3.63) is 71.7 Å². The minimum Gasteiger partial charge on any atom is -0.507 e. The van der Waals surface area contributed by atoms with Crippen LogP contribution >= 0.6 is 0 Å². The van der Waals surface area contributed by atoms with Crippen LogP contribution in [-0.4, -0.2) is 21.8 Å². The molecule has 0 saturated heterocycles. The Morgan fingerprint density at radius 3 is 2.59 bits per heavy atom. The number of aromatic hydroxyl groups is 1. The summed E-state index contributed by atoms with van der Waals surface area (Å²) in [4.78, 5) is 27.7. The van der Waals surface area contributed by atoms with Crippen molar-refractivity contribution in [3.63, 3.8) is 0 Å². The van der Waals surface area contributed by atoms with Crippen molar-refractivity contribution >= 4 is 11.7 Å². The number of rotatable bonds is 5. The van der Waals surface area contributed by atoms with Crippen molar-refractivity contribution in [2.75, 3.05) is 0 Å². The second kappa shape index (κ2) is 7.03. The molecule has 112 valence electrons. The smallest absolute Gasteiger partial charge is 0.273 e. The number of nitrogens with zero attached hydrogens (tertiary/aromatic N) is 1. The second-order valence-electron chi connectivity index (χ2n) is 4.53. The fourth-order valence-electron chi connectivity index (χ4n) is 1.71. The summed E-state index contributed by atoms with van der Waals surface area (Å²) in [6.07, 6.45) is 4.40. The van der Waals surface area contributed by atoms with Gasteiger partial charge in [0.2, 0.25) is 0 Å². The van der Waals surface area contributed by atoms with Crippen molar-refractivity contribution in [1.29, 1.82) is 0 Å². The summed E-state index contributed by atoms with van der Waals surface area (Å²) in [5, 5.41) is 9.58. The van der Waals surface area contributed by atoms with Crippen LogP contribution in [0.5, 0.6) is 5.75 Å². The number of hydrazine groups is 1. The lowest BCUT2D eigenvalue weighted by molar-refractivity contribution is 0.0934. The van der Waals surface area contributed by atoms with Gasteiger partial charge >= 0.3 is 0 Å². The zero-order valence-corrected chi connectivity index (χ0v) is 11.9. The fourth-order valence-corrected chi connectivity index (χ4v) is 1.71. The van der Waals surface area contributed by atoms with Gasteiger partial charge in [0.25, 0.3) is 5.91 Å². The number of para-hydroxylation sites is 1. The topological polar surface area (TPSA) is 91.3 Å². The number of ketones is 1. The highest BCUT2D eigenvalue weighted by atomic mass is 16.3. The van der Waals surface area contributed by atoms with Crippen LogP contribution in [0.2, 0.25) is 0 Å². The Bertz CT molecular complexity index is 712. The number of hydrogen-bond donors (Lipinski definition) is 3. The predicted molar refractivity (Wildman–Crippen MR) is 81.0 cm³/mol. The summed E-state index contributed by atoms with van der Waals surface area (Å²) in [6, 6.07) is 9.50. The largest absolute Gasteiger partial charge is 0.507 e. The highest BCUT2D eigenvalue weighted by molar-refractivity contribution is 6.04.